The predicted octanol–water partition coefficient (Wildman–Crippen LogP) is 3.46. The molecule has 1 aliphatic heterocycles. The molecule has 5 rings (SSSR count). The second-order valence-corrected chi connectivity index (χ2v) is 8.38. The van der Waals surface area contributed by atoms with Crippen molar-refractivity contribution in [2.24, 2.45) is 0 Å². The molecule has 3 heterocycles. The van der Waals surface area contributed by atoms with E-state index >= 15 is 0 Å². The smallest absolute Gasteiger partial charge is 0.163 e. The zero-order valence-corrected chi connectivity index (χ0v) is 18.7. The molecule has 4 aromatic rings. The normalized spacial score (nSPS) is 14.6. The van der Waals surface area contributed by atoms with Gasteiger partial charge in [-0.2, -0.15) is 0 Å². The van der Waals surface area contributed by atoms with Crippen molar-refractivity contribution in [1.82, 2.24) is 30.1 Å². The lowest BCUT2D eigenvalue weighted by Gasteiger charge is -2.35. The minimum atomic E-state index is 0.0179. The highest BCUT2D eigenvalue weighted by molar-refractivity contribution is 5.39. The molecule has 7 heteroatoms. The standard InChI is InChI=1S/C26H29N7/c1-3-10-22(11-4-1)25(23-12-5-2-6-13-23)26-28-29-30-33(26)17-9-16-31-18-20-32(21-19-31)24-14-7-8-15-27-24/h1-8,10-15,25H,9,16-21H2. The first kappa shape index (κ1) is 21.3. The van der Waals surface area contributed by atoms with Crippen LogP contribution < -0.4 is 4.90 Å². The van der Waals surface area contributed by atoms with Crippen LogP contribution in [-0.4, -0.2) is 62.8 Å². The minimum absolute atomic E-state index is 0.0179. The lowest BCUT2D eigenvalue weighted by atomic mass is 9.90. The summed E-state index contributed by atoms with van der Waals surface area (Å²) in [6.07, 6.45) is 2.88. The molecule has 0 unspecified atom stereocenters. The molecule has 2 aromatic carbocycles. The Balaban J connectivity index is 1.22. The first-order valence-corrected chi connectivity index (χ1v) is 11.6. The number of nitrogens with zero attached hydrogens (tertiary/aromatic N) is 7. The van der Waals surface area contributed by atoms with Crippen molar-refractivity contribution in [2.75, 3.05) is 37.6 Å². The number of hydrogen-bond donors (Lipinski definition) is 0. The molecule has 0 bridgehead atoms. The number of rotatable bonds is 8. The number of pyridine rings is 1. The Morgan fingerprint density at radius 1 is 0.727 bits per heavy atom. The highest BCUT2D eigenvalue weighted by atomic mass is 15.5. The van der Waals surface area contributed by atoms with Crippen molar-refractivity contribution in [3.63, 3.8) is 0 Å². The SMILES string of the molecule is c1ccc(C(c2ccccc2)c2nnnn2CCCN2CCN(c3ccccn3)CC2)cc1. The zero-order chi connectivity index (χ0) is 22.3. The number of aromatic nitrogens is 5. The molecular weight excluding hydrogens is 410 g/mol. The summed E-state index contributed by atoms with van der Waals surface area (Å²) in [4.78, 5) is 9.37. The van der Waals surface area contributed by atoms with Gasteiger partial charge in [-0.1, -0.05) is 66.7 Å². The number of hydrogen-bond acceptors (Lipinski definition) is 6. The molecule has 33 heavy (non-hydrogen) atoms. The van der Waals surface area contributed by atoms with Crippen LogP contribution in [0, 0.1) is 0 Å². The van der Waals surface area contributed by atoms with Crippen LogP contribution in [0.4, 0.5) is 5.82 Å². The summed E-state index contributed by atoms with van der Waals surface area (Å²) in [7, 11) is 0. The van der Waals surface area contributed by atoms with Gasteiger partial charge in [-0.15, -0.1) is 5.10 Å². The van der Waals surface area contributed by atoms with Crippen LogP contribution in [0.2, 0.25) is 0 Å². The van der Waals surface area contributed by atoms with E-state index in [2.05, 4.69) is 91.0 Å². The fourth-order valence-electron chi connectivity index (χ4n) is 4.54. The lowest BCUT2D eigenvalue weighted by Crippen LogP contribution is -2.47. The Morgan fingerprint density at radius 2 is 1.39 bits per heavy atom. The van der Waals surface area contributed by atoms with Gasteiger partial charge in [0, 0.05) is 45.5 Å². The quantitative estimate of drug-likeness (QED) is 0.419. The maximum atomic E-state index is 4.48. The van der Waals surface area contributed by atoms with Crippen molar-refractivity contribution in [3.05, 3.63) is 102 Å². The Bertz CT molecular complexity index is 1070. The van der Waals surface area contributed by atoms with E-state index < -0.39 is 0 Å². The van der Waals surface area contributed by atoms with E-state index in [1.807, 2.05) is 29.1 Å². The van der Waals surface area contributed by atoms with Crippen LogP contribution in [0.5, 0.6) is 0 Å². The summed E-state index contributed by atoms with van der Waals surface area (Å²) >= 11 is 0. The molecule has 0 radical (unpaired) electrons. The Hall–Kier alpha value is -3.58. The topological polar surface area (TPSA) is 63.0 Å². The van der Waals surface area contributed by atoms with E-state index in [1.54, 1.807) is 0 Å². The van der Waals surface area contributed by atoms with Gasteiger partial charge >= 0.3 is 0 Å². The lowest BCUT2D eigenvalue weighted by molar-refractivity contribution is 0.247. The molecule has 1 aliphatic rings. The van der Waals surface area contributed by atoms with Crippen LogP contribution in [-0.2, 0) is 6.54 Å². The number of benzene rings is 2. The number of aryl methyl sites for hydroxylation is 1. The maximum Gasteiger partial charge on any atom is 0.163 e. The molecule has 0 aliphatic carbocycles. The second-order valence-electron chi connectivity index (χ2n) is 8.38. The van der Waals surface area contributed by atoms with Crippen molar-refractivity contribution < 1.29 is 0 Å². The third-order valence-corrected chi connectivity index (χ3v) is 6.27. The van der Waals surface area contributed by atoms with E-state index in [4.69, 9.17) is 0 Å². The van der Waals surface area contributed by atoms with E-state index in [1.165, 1.54) is 11.1 Å². The summed E-state index contributed by atoms with van der Waals surface area (Å²) in [6, 6.07) is 27.1. The first-order valence-electron chi connectivity index (χ1n) is 11.6. The summed E-state index contributed by atoms with van der Waals surface area (Å²) < 4.78 is 1.98. The monoisotopic (exact) mass is 439 g/mol. The molecule has 1 fully saturated rings. The molecular formula is C26H29N7. The Kier molecular flexibility index (Phi) is 6.68. The van der Waals surface area contributed by atoms with Gasteiger partial charge in [0.1, 0.15) is 5.82 Å². The van der Waals surface area contributed by atoms with Crippen LogP contribution in [0.3, 0.4) is 0 Å². The average molecular weight is 440 g/mol. The summed E-state index contributed by atoms with van der Waals surface area (Å²) in [5, 5.41) is 12.8. The summed E-state index contributed by atoms with van der Waals surface area (Å²) in [5.74, 6) is 1.99. The number of tetrazole rings is 1. The Morgan fingerprint density at radius 3 is 2.03 bits per heavy atom. The van der Waals surface area contributed by atoms with E-state index in [0.29, 0.717) is 0 Å². The fraction of sp³-hybridized carbons (Fsp3) is 0.308. The predicted molar refractivity (Wildman–Crippen MR) is 129 cm³/mol. The van der Waals surface area contributed by atoms with Gasteiger partial charge in [-0.25, -0.2) is 9.67 Å². The van der Waals surface area contributed by atoms with Crippen molar-refractivity contribution in [2.45, 2.75) is 18.9 Å². The Labute approximate surface area is 194 Å². The van der Waals surface area contributed by atoms with Gasteiger partial charge in [0.05, 0.1) is 5.92 Å². The third-order valence-electron chi connectivity index (χ3n) is 6.27. The summed E-state index contributed by atoms with van der Waals surface area (Å²) in [6.45, 7) is 5.97. The molecule has 0 saturated carbocycles. The first-order chi connectivity index (χ1) is 16.4. The van der Waals surface area contributed by atoms with Gasteiger partial charge < -0.3 is 4.90 Å². The van der Waals surface area contributed by atoms with Gasteiger partial charge in [-0.3, -0.25) is 4.90 Å². The van der Waals surface area contributed by atoms with Crippen LogP contribution in [0.25, 0.3) is 0 Å². The minimum Gasteiger partial charge on any atom is -0.354 e. The fourth-order valence-corrected chi connectivity index (χ4v) is 4.54. The van der Waals surface area contributed by atoms with E-state index in [0.717, 1.165) is 57.3 Å². The van der Waals surface area contributed by atoms with Gasteiger partial charge in [0.25, 0.3) is 0 Å². The van der Waals surface area contributed by atoms with Crippen molar-refractivity contribution in [1.29, 1.82) is 0 Å². The van der Waals surface area contributed by atoms with Crippen molar-refractivity contribution >= 4 is 5.82 Å². The number of piperazine rings is 1. The highest BCUT2D eigenvalue weighted by Crippen LogP contribution is 2.30. The molecule has 0 spiro atoms. The van der Waals surface area contributed by atoms with Crippen LogP contribution >= 0.6 is 0 Å². The van der Waals surface area contributed by atoms with Gasteiger partial charge in [-0.05, 0) is 40.1 Å². The van der Waals surface area contributed by atoms with Crippen molar-refractivity contribution in [3.8, 4) is 0 Å². The molecule has 2 aromatic heterocycles. The zero-order valence-electron chi connectivity index (χ0n) is 18.7. The van der Waals surface area contributed by atoms with Gasteiger partial charge in [0.2, 0.25) is 0 Å². The molecule has 0 amide bonds. The molecule has 168 valence electrons. The van der Waals surface area contributed by atoms with Gasteiger partial charge in [0.15, 0.2) is 5.82 Å². The third kappa shape index (κ3) is 5.09. The average Bonchev–Trinajstić information content (AvgIpc) is 3.34. The van der Waals surface area contributed by atoms with Crippen LogP contribution in [0.1, 0.15) is 29.3 Å². The largest absolute Gasteiger partial charge is 0.354 e. The molecule has 0 atom stereocenters. The van der Waals surface area contributed by atoms with Crippen LogP contribution in [0.15, 0.2) is 85.1 Å². The molecule has 7 nitrogen and oxygen atoms in total. The highest BCUT2D eigenvalue weighted by Gasteiger charge is 2.23. The van der Waals surface area contributed by atoms with E-state index in [-0.39, 0.29) is 5.92 Å². The second kappa shape index (κ2) is 10.4. The number of anilines is 1. The maximum absolute atomic E-state index is 4.48. The molecule has 1 saturated heterocycles. The van der Waals surface area contributed by atoms with E-state index in [9.17, 15) is 0 Å². The summed E-state index contributed by atoms with van der Waals surface area (Å²) in [5.41, 5.74) is 2.40. The molecule has 0 N–H and O–H groups in total.